The average molecular weight is 485 g/mol. The Balaban J connectivity index is 1.81. The van der Waals surface area contributed by atoms with Gasteiger partial charge in [0.1, 0.15) is 17.9 Å². The number of pyridine rings is 1. The van der Waals surface area contributed by atoms with Crippen LogP contribution in [0, 0.1) is 35.7 Å². The number of aryl methyl sites for hydroxylation is 1. The number of fused-ring (bicyclic) bond motifs is 1. The molecule has 1 unspecified atom stereocenters. The lowest BCUT2D eigenvalue weighted by atomic mass is 10.0. The highest BCUT2D eigenvalue weighted by molar-refractivity contribution is 5.95. The van der Waals surface area contributed by atoms with Crippen molar-refractivity contribution in [2.24, 2.45) is 0 Å². The topological polar surface area (TPSA) is 99.7 Å². The standard InChI is InChI=1S/C24H22F3N5O3/c1-13-4-6-32-17(10-14-12-31(7-8-35-14)19(33)3-5-28)23(30-18(32)9-13)20-16(25)11-15(24(34)29-2)21(26)22(20)27/h4,6,9,11,14H,3,7-8,10,12H2,1-2H3,(H,29,34). The number of morpholine rings is 1. The fourth-order valence-electron chi connectivity index (χ4n) is 4.17. The predicted octanol–water partition coefficient (Wildman–Crippen LogP) is 2.77. The smallest absolute Gasteiger partial charge is 0.254 e. The molecule has 1 aliphatic heterocycles. The Bertz CT molecular complexity index is 1360. The number of imidazole rings is 1. The van der Waals surface area contributed by atoms with E-state index in [1.165, 1.54) is 11.9 Å². The van der Waals surface area contributed by atoms with Gasteiger partial charge in [0.25, 0.3) is 5.91 Å². The monoisotopic (exact) mass is 485 g/mol. The second-order valence-corrected chi connectivity index (χ2v) is 8.20. The number of ether oxygens (including phenoxy) is 1. The molecule has 0 bridgehead atoms. The van der Waals surface area contributed by atoms with Crippen molar-refractivity contribution in [1.82, 2.24) is 19.6 Å². The van der Waals surface area contributed by atoms with Crippen molar-refractivity contribution < 1.29 is 27.5 Å². The molecule has 0 aliphatic carbocycles. The number of carbonyl (C=O) groups is 2. The molecule has 1 N–H and O–H groups in total. The van der Waals surface area contributed by atoms with Gasteiger partial charge in [-0.1, -0.05) is 0 Å². The summed E-state index contributed by atoms with van der Waals surface area (Å²) in [5.41, 5.74) is 0.0126. The summed E-state index contributed by atoms with van der Waals surface area (Å²) >= 11 is 0. The Hall–Kier alpha value is -3.91. The van der Waals surface area contributed by atoms with Crippen molar-refractivity contribution in [2.75, 3.05) is 26.7 Å². The molecule has 1 aromatic carbocycles. The van der Waals surface area contributed by atoms with Crippen molar-refractivity contribution >= 4 is 17.5 Å². The third kappa shape index (κ3) is 4.57. The number of carbonyl (C=O) groups excluding carboxylic acids is 2. The summed E-state index contributed by atoms with van der Waals surface area (Å²) in [5, 5.41) is 11.0. The lowest BCUT2D eigenvalue weighted by Gasteiger charge is -2.32. The van der Waals surface area contributed by atoms with Gasteiger partial charge < -0.3 is 19.4 Å². The molecule has 1 atom stereocenters. The Labute approximate surface area is 198 Å². The minimum atomic E-state index is -1.53. The van der Waals surface area contributed by atoms with Gasteiger partial charge in [0.15, 0.2) is 11.6 Å². The van der Waals surface area contributed by atoms with E-state index in [9.17, 15) is 14.0 Å². The van der Waals surface area contributed by atoms with Gasteiger partial charge >= 0.3 is 0 Å². The number of nitrogens with one attached hydrogen (secondary N) is 1. The minimum absolute atomic E-state index is 0.105. The molecule has 4 rings (SSSR count). The van der Waals surface area contributed by atoms with Crippen molar-refractivity contribution in [3.8, 4) is 17.3 Å². The zero-order chi connectivity index (χ0) is 25.3. The average Bonchev–Trinajstić information content (AvgIpc) is 3.17. The number of halogens is 3. The number of hydrogen-bond acceptors (Lipinski definition) is 5. The van der Waals surface area contributed by atoms with E-state index < -0.39 is 40.6 Å². The summed E-state index contributed by atoms with van der Waals surface area (Å²) in [6, 6.07) is 5.97. The van der Waals surface area contributed by atoms with E-state index in [1.54, 1.807) is 22.7 Å². The van der Waals surface area contributed by atoms with Crippen LogP contribution in [0.3, 0.4) is 0 Å². The van der Waals surface area contributed by atoms with Crippen molar-refractivity contribution in [3.05, 3.63) is 58.7 Å². The quantitative estimate of drug-likeness (QED) is 0.561. The Morgan fingerprint density at radius 1 is 1.29 bits per heavy atom. The first-order valence-electron chi connectivity index (χ1n) is 10.9. The maximum atomic E-state index is 15.2. The Kier molecular flexibility index (Phi) is 6.75. The van der Waals surface area contributed by atoms with Crippen LogP contribution in [0.4, 0.5) is 13.2 Å². The maximum Gasteiger partial charge on any atom is 0.254 e. The third-order valence-electron chi connectivity index (χ3n) is 5.89. The summed E-state index contributed by atoms with van der Waals surface area (Å²) in [7, 11) is 1.23. The van der Waals surface area contributed by atoms with Gasteiger partial charge in [-0.2, -0.15) is 5.26 Å². The molecular weight excluding hydrogens is 463 g/mol. The molecule has 2 amide bonds. The molecule has 11 heteroatoms. The van der Waals surface area contributed by atoms with Gasteiger partial charge in [-0.05, 0) is 30.7 Å². The number of amides is 2. The second-order valence-electron chi connectivity index (χ2n) is 8.20. The Morgan fingerprint density at radius 3 is 2.77 bits per heavy atom. The van der Waals surface area contributed by atoms with E-state index in [4.69, 9.17) is 10.00 Å². The van der Waals surface area contributed by atoms with Gasteiger partial charge in [-0.3, -0.25) is 9.59 Å². The largest absolute Gasteiger partial charge is 0.374 e. The molecule has 8 nitrogen and oxygen atoms in total. The second kappa shape index (κ2) is 9.76. The molecule has 0 radical (unpaired) electrons. The summed E-state index contributed by atoms with van der Waals surface area (Å²) in [6.45, 7) is 2.56. The van der Waals surface area contributed by atoms with Crippen molar-refractivity contribution in [3.63, 3.8) is 0 Å². The molecule has 1 saturated heterocycles. The van der Waals surface area contributed by atoms with Gasteiger partial charge in [-0.15, -0.1) is 0 Å². The molecular formula is C24H22F3N5O3. The number of aromatic nitrogens is 2. The number of benzene rings is 1. The van der Waals surface area contributed by atoms with Crippen LogP contribution < -0.4 is 5.32 Å². The zero-order valence-electron chi connectivity index (χ0n) is 19.1. The fraction of sp³-hybridized carbons (Fsp3) is 0.333. The van der Waals surface area contributed by atoms with Crippen LogP contribution in [0.1, 0.15) is 28.0 Å². The van der Waals surface area contributed by atoms with Gasteiger partial charge in [0.05, 0.1) is 41.3 Å². The Morgan fingerprint density at radius 2 is 2.06 bits per heavy atom. The van der Waals surface area contributed by atoms with E-state index in [0.717, 1.165) is 5.56 Å². The summed E-state index contributed by atoms with van der Waals surface area (Å²) in [5.74, 6) is -5.45. The summed E-state index contributed by atoms with van der Waals surface area (Å²) in [4.78, 5) is 29.9. The van der Waals surface area contributed by atoms with Crippen LogP contribution in [0.5, 0.6) is 0 Å². The summed E-state index contributed by atoms with van der Waals surface area (Å²) < 4.78 is 52.5. The number of nitrogens with zero attached hydrogens (tertiary/aromatic N) is 4. The molecule has 2 aromatic heterocycles. The van der Waals surface area contributed by atoms with E-state index >= 15 is 8.78 Å². The highest BCUT2D eigenvalue weighted by Gasteiger charge is 2.30. The SMILES string of the molecule is CNC(=O)c1cc(F)c(-c2nc3cc(C)ccn3c2CC2CN(C(=O)CC#N)CCO2)c(F)c1F. The van der Waals surface area contributed by atoms with E-state index in [0.29, 0.717) is 24.0 Å². The number of nitriles is 1. The first-order chi connectivity index (χ1) is 16.7. The van der Waals surface area contributed by atoms with Crippen LogP contribution in [0.25, 0.3) is 16.9 Å². The molecule has 1 aliphatic rings. The van der Waals surface area contributed by atoms with Crippen molar-refractivity contribution in [1.29, 1.82) is 5.26 Å². The molecule has 0 saturated carbocycles. The molecule has 0 spiro atoms. The van der Waals surface area contributed by atoms with E-state index in [1.807, 2.05) is 13.0 Å². The van der Waals surface area contributed by atoms with Crippen LogP contribution in [-0.4, -0.2) is 58.9 Å². The molecule has 3 aromatic rings. The zero-order valence-corrected chi connectivity index (χ0v) is 19.1. The van der Waals surface area contributed by atoms with E-state index in [-0.39, 0.29) is 37.6 Å². The lowest BCUT2D eigenvalue weighted by Crippen LogP contribution is -2.46. The maximum absolute atomic E-state index is 15.2. The molecule has 182 valence electrons. The van der Waals surface area contributed by atoms with Crippen LogP contribution in [0.2, 0.25) is 0 Å². The number of hydrogen-bond donors (Lipinski definition) is 1. The van der Waals surface area contributed by atoms with Gasteiger partial charge in [0.2, 0.25) is 5.91 Å². The first kappa shape index (κ1) is 24.2. The third-order valence-corrected chi connectivity index (χ3v) is 5.89. The van der Waals surface area contributed by atoms with Gasteiger partial charge in [-0.25, -0.2) is 18.2 Å². The number of rotatable bonds is 5. The van der Waals surface area contributed by atoms with Crippen LogP contribution in [-0.2, 0) is 16.0 Å². The highest BCUT2D eigenvalue weighted by atomic mass is 19.2. The first-order valence-corrected chi connectivity index (χ1v) is 10.9. The highest BCUT2D eigenvalue weighted by Crippen LogP contribution is 2.33. The van der Waals surface area contributed by atoms with Gasteiger partial charge in [0, 0.05) is 32.8 Å². The normalized spacial score (nSPS) is 15.8. The lowest BCUT2D eigenvalue weighted by molar-refractivity contribution is -0.137. The molecule has 1 fully saturated rings. The minimum Gasteiger partial charge on any atom is -0.374 e. The fourth-order valence-corrected chi connectivity index (χ4v) is 4.17. The van der Waals surface area contributed by atoms with E-state index in [2.05, 4.69) is 10.3 Å². The predicted molar refractivity (Wildman–Crippen MR) is 119 cm³/mol. The van der Waals surface area contributed by atoms with Crippen LogP contribution in [0.15, 0.2) is 24.4 Å². The van der Waals surface area contributed by atoms with Crippen LogP contribution >= 0.6 is 0 Å². The van der Waals surface area contributed by atoms with Crippen molar-refractivity contribution in [2.45, 2.75) is 25.9 Å². The molecule has 35 heavy (non-hydrogen) atoms. The molecule has 3 heterocycles. The summed E-state index contributed by atoms with van der Waals surface area (Å²) in [6.07, 6.45) is 0.976.